The van der Waals surface area contributed by atoms with Gasteiger partial charge in [0.25, 0.3) is 5.91 Å². The first-order valence-electron chi connectivity index (χ1n) is 9.27. The molecule has 3 aromatic rings. The van der Waals surface area contributed by atoms with Gasteiger partial charge in [-0.05, 0) is 32.0 Å². The molecule has 142 valence electrons. The van der Waals surface area contributed by atoms with E-state index in [-0.39, 0.29) is 11.7 Å². The predicted octanol–water partition coefficient (Wildman–Crippen LogP) is 3.75. The zero-order chi connectivity index (χ0) is 19.7. The average Bonchev–Trinajstić information content (AvgIpc) is 3.08. The fourth-order valence-electron chi connectivity index (χ4n) is 3.34. The molecule has 2 aromatic carbocycles. The van der Waals surface area contributed by atoms with Gasteiger partial charge in [-0.15, -0.1) is 5.10 Å². The smallest absolute Gasteiger partial charge is 0.293 e. The summed E-state index contributed by atoms with van der Waals surface area (Å²) < 4.78 is 1.71. The number of aliphatic imine (C=N–C) groups is 1. The molecule has 0 N–H and O–H groups in total. The molecule has 0 unspecified atom stereocenters. The zero-order valence-electron chi connectivity index (χ0n) is 15.8. The SMILES string of the molecule is CCN(CC)C(=O)c1nc2n(n1)-c1ccc(Cl)cc1C(c1ccccc1)=NC2. The van der Waals surface area contributed by atoms with E-state index in [1.807, 2.05) is 62.4 Å². The lowest BCUT2D eigenvalue weighted by Gasteiger charge is -2.16. The number of hydrogen-bond donors (Lipinski definition) is 0. The molecule has 0 bridgehead atoms. The number of carbonyl (C=O) groups excluding carboxylic acids is 1. The Kier molecular flexibility index (Phi) is 4.96. The maximum absolute atomic E-state index is 12.7. The van der Waals surface area contributed by atoms with E-state index in [0.29, 0.717) is 30.5 Å². The van der Waals surface area contributed by atoms with Gasteiger partial charge >= 0.3 is 0 Å². The Morgan fingerprint density at radius 1 is 1.14 bits per heavy atom. The van der Waals surface area contributed by atoms with Crippen molar-refractivity contribution in [3.8, 4) is 5.69 Å². The molecule has 1 aromatic heterocycles. The summed E-state index contributed by atoms with van der Waals surface area (Å²) in [4.78, 5) is 23.7. The van der Waals surface area contributed by atoms with Crippen LogP contribution >= 0.6 is 11.6 Å². The maximum atomic E-state index is 12.7. The Balaban J connectivity index is 1.85. The summed E-state index contributed by atoms with van der Waals surface area (Å²) in [6.07, 6.45) is 0. The molecule has 0 fully saturated rings. The zero-order valence-corrected chi connectivity index (χ0v) is 16.5. The van der Waals surface area contributed by atoms with Gasteiger partial charge in [0, 0.05) is 29.2 Å². The van der Waals surface area contributed by atoms with Gasteiger partial charge in [-0.3, -0.25) is 9.79 Å². The van der Waals surface area contributed by atoms with Crippen LogP contribution in [-0.2, 0) is 6.54 Å². The second kappa shape index (κ2) is 7.56. The highest BCUT2D eigenvalue weighted by atomic mass is 35.5. The average molecular weight is 394 g/mol. The van der Waals surface area contributed by atoms with Crippen molar-refractivity contribution in [1.82, 2.24) is 19.7 Å². The molecule has 7 heteroatoms. The molecular formula is C21H20ClN5O. The van der Waals surface area contributed by atoms with Gasteiger partial charge in [-0.2, -0.15) is 0 Å². The van der Waals surface area contributed by atoms with Crippen molar-refractivity contribution in [2.24, 2.45) is 4.99 Å². The van der Waals surface area contributed by atoms with E-state index in [9.17, 15) is 4.79 Å². The fourth-order valence-corrected chi connectivity index (χ4v) is 3.51. The third-order valence-corrected chi connectivity index (χ3v) is 5.02. The van der Waals surface area contributed by atoms with E-state index >= 15 is 0 Å². The Bertz CT molecular complexity index is 1050. The van der Waals surface area contributed by atoms with E-state index in [1.165, 1.54) is 0 Å². The number of fused-ring (bicyclic) bond motifs is 3. The number of amides is 1. The Labute approximate surface area is 168 Å². The van der Waals surface area contributed by atoms with Crippen LogP contribution in [0.4, 0.5) is 0 Å². The number of halogens is 1. The minimum absolute atomic E-state index is 0.173. The van der Waals surface area contributed by atoms with Crippen molar-refractivity contribution in [1.29, 1.82) is 0 Å². The van der Waals surface area contributed by atoms with Gasteiger partial charge in [0.2, 0.25) is 5.82 Å². The highest BCUT2D eigenvalue weighted by Crippen LogP contribution is 2.27. The van der Waals surface area contributed by atoms with Gasteiger partial charge in [-0.1, -0.05) is 41.9 Å². The van der Waals surface area contributed by atoms with Crippen molar-refractivity contribution >= 4 is 23.2 Å². The number of aromatic nitrogens is 3. The van der Waals surface area contributed by atoms with E-state index in [0.717, 1.165) is 22.5 Å². The van der Waals surface area contributed by atoms with Crippen LogP contribution in [0.15, 0.2) is 53.5 Å². The first kappa shape index (κ1) is 18.4. The summed E-state index contributed by atoms with van der Waals surface area (Å²) in [7, 11) is 0. The highest BCUT2D eigenvalue weighted by Gasteiger charge is 2.25. The third kappa shape index (κ3) is 3.20. The van der Waals surface area contributed by atoms with Gasteiger partial charge in [0.05, 0.1) is 17.9 Å². The van der Waals surface area contributed by atoms with E-state index in [4.69, 9.17) is 16.6 Å². The molecular weight excluding hydrogens is 374 g/mol. The summed E-state index contributed by atoms with van der Waals surface area (Å²) in [5.41, 5.74) is 3.51. The molecule has 1 aliphatic rings. The first-order valence-corrected chi connectivity index (χ1v) is 9.65. The van der Waals surface area contributed by atoms with Crippen LogP contribution in [0.5, 0.6) is 0 Å². The van der Waals surface area contributed by atoms with E-state index in [1.54, 1.807) is 9.58 Å². The van der Waals surface area contributed by atoms with Crippen molar-refractivity contribution in [3.05, 3.63) is 76.3 Å². The minimum atomic E-state index is -0.173. The molecule has 0 saturated heterocycles. The molecule has 1 amide bonds. The normalized spacial score (nSPS) is 12.6. The summed E-state index contributed by atoms with van der Waals surface area (Å²) in [6, 6.07) is 15.5. The quantitative estimate of drug-likeness (QED) is 0.678. The van der Waals surface area contributed by atoms with E-state index in [2.05, 4.69) is 10.1 Å². The summed E-state index contributed by atoms with van der Waals surface area (Å²) >= 11 is 6.28. The van der Waals surface area contributed by atoms with Crippen LogP contribution in [0.3, 0.4) is 0 Å². The second-order valence-electron chi connectivity index (χ2n) is 6.43. The monoisotopic (exact) mass is 393 g/mol. The highest BCUT2D eigenvalue weighted by molar-refractivity contribution is 6.31. The summed E-state index contributed by atoms with van der Waals surface area (Å²) in [6.45, 7) is 5.44. The fraction of sp³-hybridized carbons (Fsp3) is 0.238. The first-order chi connectivity index (χ1) is 13.6. The molecule has 4 rings (SSSR count). The number of hydrogen-bond acceptors (Lipinski definition) is 4. The van der Waals surface area contributed by atoms with Gasteiger partial charge in [-0.25, -0.2) is 9.67 Å². The molecule has 2 heterocycles. The number of carbonyl (C=O) groups is 1. The van der Waals surface area contributed by atoms with Crippen LogP contribution in [0.2, 0.25) is 5.02 Å². The molecule has 6 nitrogen and oxygen atoms in total. The van der Waals surface area contributed by atoms with Crippen molar-refractivity contribution in [3.63, 3.8) is 0 Å². The van der Waals surface area contributed by atoms with Crippen molar-refractivity contribution < 1.29 is 4.79 Å². The van der Waals surface area contributed by atoms with Crippen LogP contribution in [0, 0.1) is 0 Å². The Hall–Kier alpha value is -2.99. The minimum Gasteiger partial charge on any atom is -0.336 e. The lowest BCUT2D eigenvalue weighted by Crippen LogP contribution is -2.31. The van der Waals surface area contributed by atoms with Crippen LogP contribution in [-0.4, -0.2) is 44.4 Å². The van der Waals surface area contributed by atoms with Crippen LogP contribution in [0.1, 0.15) is 41.4 Å². The largest absolute Gasteiger partial charge is 0.336 e. The molecule has 28 heavy (non-hydrogen) atoms. The summed E-state index contributed by atoms with van der Waals surface area (Å²) in [5.74, 6) is 0.649. The lowest BCUT2D eigenvalue weighted by molar-refractivity contribution is 0.0761. The Morgan fingerprint density at radius 2 is 1.89 bits per heavy atom. The van der Waals surface area contributed by atoms with Gasteiger partial charge < -0.3 is 4.90 Å². The van der Waals surface area contributed by atoms with E-state index < -0.39 is 0 Å². The molecule has 0 spiro atoms. The maximum Gasteiger partial charge on any atom is 0.293 e. The Morgan fingerprint density at radius 3 is 2.61 bits per heavy atom. The molecule has 0 aliphatic carbocycles. The van der Waals surface area contributed by atoms with Crippen LogP contribution in [0.25, 0.3) is 5.69 Å². The van der Waals surface area contributed by atoms with Crippen molar-refractivity contribution in [2.45, 2.75) is 20.4 Å². The standard InChI is InChI=1S/C21H20ClN5O/c1-3-26(4-2)21(28)20-24-18-13-23-19(14-8-6-5-7-9-14)16-12-15(22)10-11-17(16)27(18)25-20/h5-12H,3-4,13H2,1-2H3. The molecule has 1 aliphatic heterocycles. The van der Waals surface area contributed by atoms with Gasteiger partial charge in [0.15, 0.2) is 5.82 Å². The number of nitrogens with zero attached hydrogens (tertiary/aromatic N) is 5. The molecule has 0 atom stereocenters. The van der Waals surface area contributed by atoms with Gasteiger partial charge in [0.1, 0.15) is 0 Å². The van der Waals surface area contributed by atoms with Crippen molar-refractivity contribution in [2.75, 3.05) is 13.1 Å². The second-order valence-corrected chi connectivity index (χ2v) is 6.87. The third-order valence-electron chi connectivity index (χ3n) is 4.78. The topological polar surface area (TPSA) is 63.4 Å². The van der Waals surface area contributed by atoms with Crippen LogP contribution < -0.4 is 0 Å². The number of benzene rings is 2. The summed E-state index contributed by atoms with van der Waals surface area (Å²) in [5, 5.41) is 5.14. The lowest BCUT2D eigenvalue weighted by atomic mass is 10.0. The predicted molar refractivity (Wildman–Crippen MR) is 109 cm³/mol. The number of rotatable bonds is 4. The molecule has 0 saturated carbocycles. The molecule has 0 radical (unpaired) electrons.